The first kappa shape index (κ1) is 18.1. The number of benzene rings is 1. The van der Waals surface area contributed by atoms with Gasteiger partial charge in [-0.2, -0.15) is 13.2 Å². The average Bonchev–Trinajstić information content (AvgIpc) is 2.61. The minimum atomic E-state index is -6.09. The number of halogens is 3. The van der Waals surface area contributed by atoms with Crippen LogP contribution in [0.25, 0.3) is 11.0 Å². The molecule has 1 aromatic carbocycles. The lowest BCUT2D eigenvalue weighted by molar-refractivity contribution is -0.647. The smallest absolute Gasteiger partial charge is 0.485 e. The molecular weight excluding hydrogens is 325 g/mol. The minimum absolute atomic E-state index is 0.0891. The molecule has 2 rings (SSSR count). The molecule has 0 amide bonds. The van der Waals surface area contributed by atoms with Gasteiger partial charge in [-0.15, -0.1) is 0 Å². The van der Waals surface area contributed by atoms with Crippen LogP contribution < -0.4 is 4.57 Å². The number of rotatable bonds is 1. The van der Waals surface area contributed by atoms with Crippen molar-refractivity contribution in [3.05, 3.63) is 30.1 Å². The van der Waals surface area contributed by atoms with Crippen LogP contribution in [-0.4, -0.2) is 28.8 Å². The number of carbonyl (C=O) groups is 1. The molecule has 0 atom stereocenters. The monoisotopic (exact) mass is 338 g/mol. The highest BCUT2D eigenvalue weighted by Gasteiger charge is 2.36. The van der Waals surface area contributed by atoms with Crippen LogP contribution in [0.1, 0.15) is 17.5 Å². The number of para-hydroxylation sites is 2. The van der Waals surface area contributed by atoms with Gasteiger partial charge in [0.25, 0.3) is 0 Å². The summed E-state index contributed by atoms with van der Waals surface area (Å²) in [7, 11) is -2.26. The average molecular weight is 338 g/mol. The van der Waals surface area contributed by atoms with Crippen LogP contribution in [0, 0.1) is 0 Å². The van der Waals surface area contributed by atoms with Gasteiger partial charge in [-0.25, -0.2) is 17.6 Å². The number of fused-ring (bicyclic) bond motifs is 1. The van der Waals surface area contributed by atoms with Crippen molar-refractivity contribution in [2.24, 2.45) is 14.1 Å². The number of hydrogen-bond acceptors (Lipinski definition) is 4. The molecular formula is C12H13F3N2O4S. The lowest BCUT2D eigenvalue weighted by Gasteiger charge is -2.08. The molecule has 0 radical (unpaired) electrons. The zero-order valence-electron chi connectivity index (χ0n) is 11.9. The Kier molecular flexibility index (Phi) is 4.98. The number of aryl methyl sites for hydroxylation is 2. The summed E-state index contributed by atoms with van der Waals surface area (Å²) in [6.07, 6.45) is 0. The van der Waals surface area contributed by atoms with E-state index in [1.54, 1.807) is 6.92 Å². The van der Waals surface area contributed by atoms with E-state index >= 15 is 0 Å². The molecule has 0 aliphatic rings. The number of ketones is 1. The normalized spacial score (nSPS) is 12.0. The highest BCUT2D eigenvalue weighted by molar-refractivity contribution is 7.86. The summed E-state index contributed by atoms with van der Waals surface area (Å²) < 4.78 is 62.8. The van der Waals surface area contributed by atoms with Crippen molar-refractivity contribution >= 4 is 26.9 Å². The molecule has 122 valence electrons. The molecule has 0 spiro atoms. The second kappa shape index (κ2) is 6.05. The number of hydrogen-bond donors (Lipinski definition) is 0. The highest BCUT2D eigenvalue weighted by Crippen LogP contribution is 2.20. The fourth-order valence-corrected chi connectivity index (χ4v) is 1.96. The number of alkyl halides is 3. The molecule has 6 nitrogen and oxygen atoms in total. The van der Waals surface area contributed by atoms with Crippen molar-refractivity contribution in [1.29, 1.82) is 0 Å². The lowest BCUT2D eigenvalue weighted by atomic mass is 10.3. The molecule has 0 aliphatic heterocycles. The maximum atomic E-state index is 11.4. The maximum absolute atomic E-state index is 11.4. The van der Waals surface area contributed by atoms with Gasteiger partial charge in [-0.05, 0) is 12.1 Å². The van der Waals surface area contributed by atoms with Crippen LogP contribution in [0.5, 0.6) is 0 Å². The zero-order chi connectivity index (χ0) is 17.3. The standard InChI is InChI=1S/C11H13N2O.CHF3O3S/c1-8(14)11-12(2)9-6-4-5-7-10(9)13(11)3;2-1(3,4)8(5,6)7/h4-7H,1-3H3;(H,5,6,7)/q+1;/p-1. The third-order valence-corrected chi connectivity index (χ3v) is 3.41. The highest BCUT2D eigenvalue weighted by atomic mass is 32.2. The first-order valence-corrected chi connectivity index (χ1v) is 7.25. The van der Waals surface area contributed by atoms with Gasteiger partial charge in [0.1, 0.15) is 0 Å². The summed E-state index contributed by atoms with van der Waals surface area (Å²) in [6.45, 7) is 1.59. The van der Waals surface area contributed by atoms with E-state index in [-0.39, 0.29) is 5.78 Å². The number of aromatic nitrogens is 2. The maximum Gasteiger partial charge on any atom is 0.485 e. The van der Waals surface area contributed by atoms with Gasteiger partial charge in [-0.3, -0.25) is 4.79 Å². The van der Waals surface area contributed by atoms with Gasteiger partial charge in [0.15, 0.2) is 21.2 Å². The van der Waals surface area contributed by atoms with Gasteiger partial charge < -0.3 is 4.55 Å². The van der Waals surface area contributed by atoms with E-state index in [2.05, 4.69) is 0 Å². The molecule has 0 unspecified atom stereocenters. The largest absolute Gasteiger partial charge is 0.741 e. The van der Waals surface area contributed by atoms with Gasteiger partial charge in [0, 0.05) is 6.92 Å². The summed E-state index contributed by atoms with van der Waals surface area (Å²) in [5, 5.41) is 0. The molecule has 1 heterocycles. The summed E-state index contributed by atoms with van der Waals surface area (Å²) in [5.74, 6) is 0.817. The number of imidazole rings is 1. The second-order valence-electron chi connectivity index (χ2n) is 4.39. The topological polar surface area (TPSA) is 83.1 Å². The van der Waals surface area contributed by atoms with Crippen molar-refractivity contribution in [1.82, 2.24) is 4.57 Å². The van der Waals surface area contributed by atoms with Crippen LogP contribution >= 0.6 is 0 Å². The fourth-order valence-electron chi connectivity index (χ4n) is 1.96. The van der Waals surface area contributed by atoms with Crippen molar-refractivity contribution < 1.29 is 35.5 Å². The predicted molar refractivity (Wildman–Crippen MR) is 69.9 cm³/mol. The van der Waals surface area contributed by atoms with E-state index in [1.165, 1.54) is 0 Å². The van der Waals surface area contributed by atoms with E-state index in [0.717, 1.165) is 16.9 Å². The molecule has 0 saturated carbocycles. The van der Waals surface area contributed by atoms with Crippen LogP contribution in [0.4, 0.5) is 13.2 Å². The zero-order valence-corrected chi connectivity index (χ0v) is 12.7. The molecule has 2 aromatic rings. The third-order valence-electron chi connectivity index (χ3n) is 2.84. The SMILES string of the molecule is CC(=O)c1n(C)c2ccccc2[n+]1C.O=S(=O)([O-])C(F)(F)F. The minimum Gasteiger partial charge on any atom is -0.741 e. The van der Waals surface area contributed by atoms with Crippen molar-refractivity contribution in [3.8, 4) is 0 Å². The number of carbonyl (C=O) groups excluding carboxylic acids is 1. The third kappa shape index (κ3) is 3.63. The molecule has 0 bridgehead atoms. The van der Waals surface area contributed by atoms with E-state index in [9.17, 15) is 18.0 Å². The Morgan fingerprint density at radius 3 is 2.09 bits per heavy atom. The van der Waals surface area contributed by atoms with E-state index in [1.807, 2.05) is 47.5 Å². The Balaban J connectivity index is 0.000000261. The molecule has 0 N–H and O–H groups in total. The van der Waals surface area contributed by atoms with Crippen molar-refractivity contribution in [2.45, 2.75) is 12.4 Å². The van der Waals surface area contributed by atoms with Gasteiger partial charge in [0.05, 0.1) is 14.1 Å². The van der Waals surface area contributed by atoms with Gasteiger partial charge >= 0.3 is 11.3 Å². The number of Topliss-reactive ketones (excluding diaryl/α,β-unsaturated/α-hetero) is 1. The Morgan fingerprint density at radius 2 is 1.73 bits per heavy atom. The molecule has 0 aliphatic carbocycles. The molecule has 0 saturated heterocycles. The van der Waals surface area contributed by atoms with Crippen molar-refractivity contribution in [2.75, 3.05) is 0 Å². The molecule has 0 fully saturated rings. The first-order chi connectivity index (χ1) is 9.88. The Labute approximate surface area is 124 Å². The van der Waals surface area contributed by atoms with E-state index < -0.39 is 15.6 Å². The van der Waals surface area contributed by atoms with Crippen LogP contribution in [0.3, 0.4) is 0 Å². The molecule has 1 aromatic heterocycles. The Bertz CT molecular complexity index is 771. The Hall–Kier alpha value is -1.94. The van der Waals surface area contributed by atoms with Crippen LogP contribution in [0.2, 0.25) is 0 Å². The van der Waals surface area contributed by atoms with Crippen LogP contribution in [0.15, 0.2) is 24.3 Å². The summed E-state index contributed by atoms with van der Waals surface area (Å²) >= 11 is 0. The number of nitrogens with zero attached hydrogens (tertiary/aromatic N) is 2. The van der Waals surface area contributed by atoms with E-state index in [4.69, 9.17) is 13.0 Å². The van der Waals surface area contributed by atoms with E-state index in [0.29, 0.717) is 0 Å². The quantitative estimate of drug-likeness (QED) is 0.339. The van der Waals surface area contributed by atoms with Gasteiger partial charge in [0.2, 0.25) is 5.78 Å². The Morgan fingerprint density at radius 1 is 1.27 bits per heavy atom. The molecule has 22 heavy (non-hydrogen) atoms. The lowest BCUT2D eigenvalue weighted by Crippen LogP contribution is -2.34. The first-order valence-electron chi connectivity index (χ1n) is 5.84. The molecule has 10 heteroatoms. The fraction of sp³-hybridized carbons (Fsp3) is 0.333. The van der Waals surface area contributed by atoms with Crippen molar-refractivity contribution in [3.63, 3.8) is 0 Å². The summed E-state index contributed by atoms with van der Waals surface area (Å²) in [5.41, 5.74) is -3.48. The van der Waals surface area contributed by atoms with Crippen LogP contribution in [-0.2, 0) is 24.2 Å². The van der Waals surface area contributed by atoms with Gasteiger partial charge in [-0.1, -0.05) is 12.1 Å². The second-order valence-corrected chi connectivity index (χ2v) is 5.76. The summed E-state index contributed by atoms with van der Waals surface area (Å²) in [4.78, 5) is 11.4. The summed E-state index contributed by atoms with van der Waals surface area (Å²) in [6, 6.07) is 7.99. The predicted octanol–water partition coefficient (Wildman–Crippen LogP) is 1.26.